The minimum Gasteiger partial charge on any atom is -0.431 e. The molecule has 8 atom stereocenters. The number of ether oxygens (including phenoxy) is 1. The molecule has 0 unspecified atom stereocenters. The van der Waals surface area contributed by atoms with Crippen LogP contribution < -0.4 is 11.4 Å². The van der Waals surface area contributed by atoms with Crippen LogP contribution in [0.25, 0.3) is 0 Å². The molecular weight excluding hydrogens is 506 g/mol. The zero-order chi connectivity index (χ0) is 28.1. The number of aliphatic hydroxyl groups is 1. The molecule has 8 heteroatoms. The van der Waals surface area contributed by atoms with E-state index in [-0.39, 0.29) is 34.3 Å². The van der Waals surface area contributed by atoms with Gasteiger partial charge in [0, 0.05) is 43.7 Å². The van der Waals surface area contributed by atoms with Crippen molar-refractivity contribution in [1.82, 2.24) is 9.80 Å². The van der Waals surface area contributed by atoms with E-state index in [0.717, 1.165) is 76.4 Å². The van der Waals surface area contributed by atoms with Gasteiger partial charge in [-0.25, -0.2) is 4.79 Å². The third kappa shape index (κ3) is 4.58. The zero-order valence-corrected chi connectivity index (χ0v) is 24.5. The highest BCUT2D eigenvalue weighted by Crippen LogP contribution is 2.70. The lowest BCUT2D eigenvalue weighted by molar-refractivity contribution is -0.204. The van der Waals surface area contributed by atoms with Crippen LogP contribution in [0, 0.1) is 28.6 Å². The summed E-state index contributed by atoms with van der Waals surface area (Å²) in [6.45, 7) is 9.41. The highest BCUT2D eigenvalue weighted by atomic mass is 16.5. The average molecular weight is 556 g/mol. The first-order valence-electron chi connectivity index (χ1n) is 15.8. The van der Waals surface area contributed by atoms with Crippen LogP contribution in [0.2, 0.25) is 0 Å². The molecule has 8 nitrogen and oxygen atoms in total. The van der Waals surface area contributed by atoms with E-state index in [4.69, 9.17) is 14.9 Å². The van der Waals surface area contributed by atoms with E-state index >= 15 is 0 Å². The van der Waals surface area contributed by atoms with Gasteiger partial charge < -0.3 is 24.9 Å². The predicted molar refractivity (Wildman–Crippen MR) is 153 cm³/mol. The Bertz CT molecular complexity index is 1120. The lowest BCUT2D eigenvalue weighted by Crippen LogP contribution is -2.62. The van der Waals surface area contributed by atoms with Gasteiger partial charge in [0.05, 0.1) is 31.6 Å². The molecule has 0 aromatic carbocycles. The second-order valence-electron chi connectivity index (χ2n) is 14.0. The fraction of sp³-hybridized carbons (Fsp3) is 0.812. The normalized spacial score (nSPS) is 41.5. The van der Waals surface area contributed by atoms with Crippen molar-refractivity contribution >= 4 is 5.91 Å². The van der Waals surface area contributed by atoms with Gasteiger partial charge in [-0.1, -0.05) is 13.8 Å². The molecule has 0 radical (unpaired) electrons. The molecule has 3 N–H and O–H groups in total. The second-order valence-corrected chi connectivity index (χ2v) is 14.0. The number of nitrogens with two attached hydrogens (primary N) is 1. The van der Waals surface area contributed by atoms with Gasteiger partial charge in [0.15, 0.2) is 0 Å². The lowest BCUT2D eigenvalue weighted by atomic mass is 9.43. The first-order valence-corrected chi connectivity index (χ1v) is 15.8. The summed E-state index contributed by atoms with van der Waals surface area (Å²) >= 11 is 0. The third-order valence-corrected chi connectivity index (χ3v) is 12.5. The van der Waals surface area contributed by atoms with Gasteiger partial charge >= 0.3 is 5.63 Å². The molecule has 5 aliphatic rings. The van der Waals surface area contributed by atoms with Crippen LogP contribution in [-0.2, 0) is 9.53 Å². The van der Waals surface area contributed by atoms with Gasteiger partial charge in [-0.15, -0.1) is 0 Å². The number of amides is 1. The fourth-order valence-electron chi connectivity index (χ4n) is 10.3. The molecule has 5 fully saturated rings. The Balaban J connectivity index is 1.17. The minimum absolute atomic E-state index is 0.190. The zero-order valence-electron chi connectivity index (χ0n) is 24.5. The summed E-state index contributed by atoms with van der Waals surface area (Å²) in [4.78, 5) is 29.4. The van der Waals surface area contributed by atoms with E-state index in [1.807, 2.05) is 6.07 Å². The van der Waals surface area contributed by atoms with Crippen LogP contribution in [0.15, 0.2) is 27.6 Å². The van der Waals surface area contributed by atoms with Crippen LogP contribution in [0.5, 0.6) is 0 Å². The second kappa shape index (κ2) is 10.8. The Morgan fingerprint density at radius 2 is 1.88 bits per heavy atom. The maximum Gasteiger partial charge on any atom is 0.335 e. The van der Waals surface area contributed by atoms with E-state index in [9.17, 15) is 14.7 Å². The molecule has 1 aromatic heterocycles. The SMILES string of the molecule is C[C@]12CC[C@H](N(CCN)C(=O)CN3CCOCC3)C[C@H]1CC[C@@H]1[C@@H]2CC[C@]2(C)[C@@H](c3ccc(=O)oc3)CC[C@]12O. The number of fused-ring (bicyclic) bond motifs is 5. The van der Waals surface area contributed by atoms with Crippen LogP contribution in [0.1, 0.15) is 83.1 Å². The molecule has 1 aromatic rings. The summed E-state index contributed by atoms with van der Waals surface area (Å²) in [6, 6.07) is 3.69. The predicted octanol–water partition coefficient (Wildman–Crippen LogP) is 3.37. The van der Waals surface area contributed by atoms with Gasteiger partial charge in [-0.05, 0) is 98.5 Å². The Labute approximate surface area is 238 Å². The number of carbonyl (C=O) groups excluding carboxylic acids is 1. The molecule has 2 heterocycles. The summed E-state index contributed by atoms with van der Waals surface area (Å²) in [5, 5.41) is 12.5. The van der Waals surface area contributed by atoms with Crippen molar-refractivity contribution < 1.29 is 19.1 Å². The summed E-state index contributed by atoms with van der Waals surface area (Å²) in [5.74, 6) is 1.80. The van der Waals surface area contributed by atoms with Crippen LogP contribution >= 0.6 is 0 Å². The molecule has 4 aliphatic carbocycles. The molecule has 1 aliphatic heterocycles. The van der Waals surface area contributed by atoms with Crippen LogP contribution in [0.3, 0.4) is 0 Å². The standard InChI is InChI=1S/C32H49N3O5/c1-30-10-7-24(35(14-13-33)28(36)20-34-15-17-39-18-16-34)19-23(30)4-5-27-26(30)8-11-31(2)25(9-12-32(27,31)38)22-3-6-29(37)40-21-22/h3,6,21,23-27,38H,4-5,7-20,33H2,1-2H3/t23-,24+,25-,26+,27-,30+,31-,32+/m1/s1. The molecule has 6 rings (SSSR count). The van der Waals surface area contributed by atoms with Crippen molar-refractivity contribution in [2.45, 2.75) is 89.2 Å². The van der Waals surface area contributed by atoms with Gasteiger partial charge in [0.2, 0.25) is 5.91 Å². The quantitative estimate of drug-likeness (QED) is 0.554. The number of hydrogen-bond acceptors (Lipinski definition) is 7. The van der Waals surface area contributed by atoms with E-state index in [1.165, 1.54) is 6.07 Å². The minimum atomic E-state index is -0.693. The number of morpholine rings is 1. The monoisotopic (exact) mass is 555 g/mol. The molecule has 4 saturated carbocycles. The van der Waals surface area contributed by atoms with Crippen molar-refractivity contribution in [2.75, 3.05) is 45.9 Å². The maximum absolute atomic E-state index is 13.5. The van der Waals surface area contributed by atoms with Gasteiger partial charge in [-0.2, -0.15) is 0 Å². The van der Waals surface area contributed by atoms with Crippen molar-refractivity contribution in [1.29, 1.82) is 0 Å². The van der Waals surface area contributed by atoms with Gasteiger partial charge in [0.1, 0.15) is 0 Å². The van der Waals surface area contributed by atoms with Crippen molar-refractivity contribution in [3.05, 3.63) is 34.4 Å². The summed E-state index contributed by atoms with van der Waals surface area (Å²) in [7, 11) is 0. The molecule has 0 spiro atoms. The smallest absolute Gasteiger partial charge is 0.335 e. The summed E-state index contributed by atoms with van der Waals surface area (Å²) in [5.41, 5.74) is 6.04. The van der Waals surface area contributed by atoms with E-state index in [2.05, 4.69) is 23.6 Å². The molecule has 0 bridgehead atoms. The van der Waals surface area contributed by atoms with E-state index in [0.29, 0.717) is 50.6 Å². The molecule has 1 amide bonds. The van der Waals surface area contributed by atoms with Crippen molar-refractivity contribution in [2.24, 2.45) is 34.3 Å². The van der Waals surface area contributed by atoms with Gasteiger partial charge in [-0.3, -0.25) is 9.69 Å². The largest absolute Gasteiger partial charge is 0.431 e. The third-order valence-electron chi connectivity index (χ3n) is 12.5. The molecular formula is C32H49N3O5. The van der Waals surface area contributed by atoms with Crippen LogP contribution in [0.4, 0.5) is 0 Å². The molecule has 40 heavy (non-hydrogen) atoms. The number of hydrogen-bond donors (Lipinski definition) is 2. The average Bonchev–Trinajstić information content (AvgIpc) is 3.23. The van der Waals surface area contributed by atoms with Crippen molar-refractivity contribution in [3.8, 4) is 0 Å². The highest BCUT2D eigenvalue weighted by molar-refractivity contribution is 5.78. The number of nitrogens with zero attached hydrogens (tertiary/aromatic N) is 2. The molecule has 1 saturated heterocycles. The van der Waals surface area contributed by atoms with Crippen molar-refractivity contribution in [3.63, 3.8) is 0 Å². The summed E-state index contributed by atoms with van der Waals surface area (Å²) < 4.78 is 10.7. The van der Waals surface area contributed by atoms with Gasteiger partial charge in [0.25, 0.3) is 0 Å². The van der Waals surface area contributed by atoms with E-state index in [1.54, 1.807) is 6.26 Å². The first-order chi connectivity index (χ1) is 19.2. The summed E-state index contributed by atoms with van der Waals surface area (Å²) in [6.07, 6.45) is 10.9. The first kappa shape index (κ1) is 28.4. The van der Waals surface area contributed by atoms with E-state index < -0.39 is 5.60 Å². The topological polar surface area (TPSA) is 109 Å². The Hall–Kier alpha value is -1.74. The molecule has 222 valence electrons. The van der Waals surface area contributed by atoms with Crippen LogP contribution in [-0.4, -0.2) is 78.4 Å². The highest BCUT2D eigenvalue weighted by Gasteiger charge is 2.67. The Morgan fingerprint density at radius 3 is 2.60 bits per heavy atom. The number of rotatable bonds is 6. The maximum atomic E-state index is 13.5. The Kier molecular flexibility index (Phi) is 7.68. The fourth-order valence-corrected chi connectivity index (χ4v) is 10.3. The number of carbonyl (C=O) groups is 1. The Morgan fingerprint density at radius 1 is 1.07 bits per heavy atom. The lowest BCUT2D eigenvalue weighted by Gasteiger charge is -2.64.